The zero-order valence-corrected chi connectivity index (χ0v) is 24.9. The Morgan fingerprint density at radius 2 is 1.52 bits per heavy atom. The van der Waals surface area contributed by atoms with Gasteiger partial charge >= 0.3 is 12.1 Å². The molecule has 44 heavy (non-hydrogen) atoms. The van der Waals surface area contributed by atoms with E-state index in [1.165, 1.54) is 5.56 Å². The number of halogens is 3. The monoisotopic (exact) mass is 604 g/mol. The maximum Gasteiger partial charge on any atom is 0.416 e. The number of carboxylic acids is 1. The first-order valence-electron chi connectivity index (χ1n) is 14.7. The van der Waals surface area contributed by atoms with E-state index < -0.39 is 29.7 Å². The van der Waals surface area contributed by atoms with E-state index in [4.69, 9.17) is 9.72 Å². The number of alkyl halides is 3. The highest BCUT2D eigenvalue weighted by atomic mass is 19.4. The van der Waals surface area contributed by atoms with Crippen LogP contribution in [0.2, 0.25) is 0 Å². The number of carbonyl (C=O) groups is 2. The summed E-state index contributed by atoms with van der Waals surface area (Å²) >= 11 is 0. The molecular formula is C35H35F3N2O4. The van der Waals surface area contributed by atoms with Crippen LogP contribution < -0.4 is 10.1 Å². The number of rotatable bonds is 8. The molecule has 1 unspecified atom stereocenters. The number of benzene rings is 3. The first-order chi connectivity index (χ1) is 20.8. The second-order valence-electron chi connectivity index (χ2n) is 12.4. The van der Waals surface area contributed by atoms with Gasteiger partial charge in [-0.3, -0.25) is 4.79 Å². The van der Waals surface area contributed by atoms with E-state index >= 15 is 0 Å². The van der Waals surface area contributed by atoms with Crippen LogP contribution in [0.1, 0.15) is 85.4 Å². The highest BCUT2D eigenvalue weighted by Gasteiger charge is 2.31. The maximum absolute atomic E-state index is 13.4. The van der Waals surface area contributed by atoms with Crippen molar-refractivity contribution in [1.29, 1.82) is 0 Å². The number of hydrogen-bond acceptors (Lipinski definition) is 4. The van der Waals surface area contributed by atoms with Crippen LogP contribution in [0.3, 0.4) is 0 Å². The van der Waals surface area contributed by atoms with Gasteiger partial charge < -0.3 is 15.2 Å². The molecule has 1 aliphatic rings. The zero-order valence-electron chi connectivity index (χ0n) is 24.9. The Kier molecular flexibility index (Phi) is 8.68. The molecule has 0 aliphatic heterocycles. The van der Waals surface area contributed by atoms with Crippen molar-refractivity contribution in [3.63, 3.8) is 0 Å². The lowest BCUT2D eigenvalue weighted by molar-refractivity contribution is -0.139. The molecule has 3 aromatic carbocycles. The summed E-state index contributed by atoms with van der Waals surface area (Å²) in [4.78, 5) is 30.1. The van der Waals surface area contributed by atoms with Gasteiger partial charge in [-0.15, -0.1) is 0 Å². The molecule has 5 rings (SSSR count). The summed E-state index contributed by atoms with van der Waals surface area (Å²) in [7, 11) is 0. The first-order valence-corrected chi connectivity index (χ1v) is 14.7. The SMILES string of the molecule is CC(C)(C)c1ccc(Oc2ccc3cc(C(=O)NC(C(=O)O)c4ccc(C(F)(F)F)cc4)nc(CC4CCCC4)c3c2)cc1. The van der Waals surface area contributed by atoms with Gasteiger partial charge in [-0.2, -0.15) is 13.2 Å². The van der Waals surface area contributed by atoms with Gasteiger partial charge in [0.15, 0.2) is 6.04 Å². The van der Waals surface area contributed by atoms with E-state index in [2.05, 4.69) is 26.1 Å². The Bertz CT molecular complexity index is 1650. The molecule has 1 fully saturated rings. The van der Waals surface area contributed by atoms with Crippen molar-refractivity contribution in [1.82, 2.24) is 10.3 Å². The normalized spacial score (nSPS) is 14.9. The smallest absolute Gasteiger partial charge is 0.416 e. The molecule has 0 radical (unpaired) electrons. The molecule has 230 valence electrons. The summed E-state index contributed by atoms with van der Waals surface area (Å²) in [6, 6.07) is 17.3. The highest BCUT2D eigenvalue weighted by Crippen LogP contribution is 2.34. The minimum atomic E-state index is -4.56. The Morgan fingerprint density at radius 3 is 2.11 bits per heavy atom. The van der Waals surface area contributed by atoms with Crippen molar-refractivity contribution in [3.05, 3.63) is 101 Å². The Morgan fingerprint density at radius 1 is 0.909 bits per heavy atom. The van der Waals surface area contributed by atoms with Crippen molar-refractivity contribution in [2.24, 2.45) is 5.92 Å². The van der Waals surface area contributed by atoms with Crippen molar-refractivity contribution in [3.8, 4) is 11.5 Å². The van der Waals surface area contributed by atoms with Crippen molar-refractivity contribution in [2.75, 3.05) is 0 Å². The van der Waals surface area contributed by atoms with Crippen LogP contribution in [0.4, 0.5) is 13.2 Å². The third kappa shape index (κ3) is 7.21. The molecule has 1 heterocycles. The molecule has 1 saturated carbocycles. The van der Waals surface area contributed by atoms with Gasteiger partial charge in [-0.05, 0) is 76.7 Å². The topological polar surface area (TPSA) is 88.5 Å². The molecule has 9 heteroatoms. The summed E-state index contributed by atoms with van der Waals surface area (Å²) in [6.07, 6.45) is 0.482. The van der Waals surface area contributed by atoms with Gasteiger partial charge in [-0.1, -0.05) is 76.8 Å². The summed E-state index contributed by atoms with van der Waals surface area (Å²) in [6.45, 7) is 6.45. The first kappa shape index (κ1) is 31.0. The molecule has 0 saturated heterocycles. The number of hydrogen-bond donors (Lipinski definition) is 2. The summed E-state index contributed by atoms with van der Waals surface area (Å²) in [5.41, 5.74) is 1.08. The van der Waals surface area contributed by atoms with E-state index in [-0.39, 0.29) is 16.7 Å². The van der Waals surface area contributed by atoms with Gasteiger partial charge in [0.2, 0.25) is 0 Å². The minimum Gasteiger partial charge on any atom is -0.479 e. The fourth-order valence-corrected chi connectivity index (χ4v) is 5.64. The quantitative estimate of drug-likeness (QED) is 0.210. The number of aromatic nitrogens is 1. The maximum atomic E-state index is 13.4. The number of carboxylic acid groups (broad SMARTS) is 1. The fraction of sp³-hybridized carbons (Fsp3) is 0.343. The van der Waals surface area contributed by atoms with Crippen molar-refractivity contribution >= 4 is 22.6 Å². The predicted octanol–water partition coefficient (Wildman–Crippen LogP) is 8.63. The molecule has 1 amide bonds. The number of fused-ring (bicyclic) bond motifs is 1. The van der Waals surface area contributed by atoms with Crippen LogP contribution in [0.25, 0.3) is 10.8 Å². The van der Waals surface area contributed by atoms with Gasteiger partial charge in [-0.25, -0.2) is 9.78 Å². The van der Waals surface area contributed by atoms with E-state index in [1.54, 1.807) is 6.07 Å². The molecule has 0 spiro atoms. The number of aliphatic carboxylic acids is 1. The van der Waals surface area contributed by atoms with Crippen LogP contribution in [0.5, 0.6) is 11.5 Å². The number of amides is 1. The third-order valence-electron chi connectivity index (χ3n) is 8.12. The lowest BCUT2D eigenvalue weighted by Gasteiger charge is -2.19. The fourth-order valence-electron chi connectivity index (χ4n) is 5.64. The van der Waals surface area contributed by atoms with Gasteiger partial charge in [0, 0.05) is 11.1 Å². The van der Waals surface area contributed by atoms with E-state index in [0.717, 1.165) is 66.4 Å². The number of carbonyl (C=O) groups excluding carboxylic acids is 1. The molecule has 4 aromatic rings. The van der Waals surface area contributed by atoms with Crippen LogP contribution in [-0.4, -0.2) is 22.0 Å². The Balaban J connectivity index is 1.44. The lowest BCUT2D eigenvalue weighted by Crippen LogP contribution is -2.34. The molecule has 1 aliphatic carbocycles. The van der Waals surface area contributed by atoms with Gasteiger partial charge in [0.1, 0.15) is 17.2 Å². The zero-order chi connectivity index (χ0) is 31.6. The number of pyridine rings is 1. The molecule has 6 nitrogen and oxygen atoms in total. The summed E-state index contributed by atoms with van der Waals surface area (Å²) in [5.74, 6) is -0.395. The molecule has 0 bridgehead atoms. The number of nitrogens with zero attached hydrogens (tertiary/aromatic N) is 1. The Hall–Kier alpha value is -4.40. The van der Waals surface area contributed by atoms with Crippen LogP contribution in [0.15, 0.2) is 72.8 Å². The average molecular weight is 605 g/mol. The van der Waals surface area contributed by atoms with Crippen LogP contribution in [-0.2, 0) is 22.8 Å². The molecule has 1 aromatic heterocycles. The third-order valence-corrected chi connectivity index (χ3v) is 8.12. The van der Waals surface area contributed by atoms with Crippen molar-refractivity contribution < 1.29 is 32.6 Å². The standard InChI is InChI=1S/C35H35F3N2O4/c1-34(2,3)24-13-16-26(17-14-24)44-27-15-10-23-19-30(39-29(28(23)20-27)18-21-6-4-5-7-21)32(41)40-31(33(42)43)22-8-11-25(12-9-22)35(36,37)38/h8-17,19-21,31H,4-7,18H2,1-3H3,(H,40,41)(H,42,43). The van der Waals surface area contributed by atoms with E-state index in [9.17, 15) is 27.9 Å². The van der Waals surface area contributed by atoms with Crippen LogP contribution >= 0.6 is 0 Å². The number of ether oxygens (including phenoxy) is 1. The van der Waals surface area contributed by atoms with Crippen molar-refractivity contribution in [2.45, 2.75) is 70.5 Å². The number of nitrogens with one attached hydrogen (secondary N) is 1. The minimum absolute atomic E-state index is 0.0168. The average Bonchev–Trinajstić information content (AvgIpc) is 3.48. The van der Waals surface area contributed by atoms with Gasteiger partial charge in [0.05, 0.1) is 5.56 Å². The molecule has 2 N–H and O–H groups in total. The molecule has 1 atom stereocenters. The predicted molar refractivity (Wildman–Crippen MR) is 162 cm³/mol. The summed E-state index contributed by atoms with van der Waals surface area (Å²) in [5, 5.41) is 13.8. The second kappa shape index (κ2) is 12.3. The second-order valence-corrected chi connectivity index (χ2v) is 12.4. The lowest BCUT2D eigenvalue weighted by atomic mass is 9.87. The summed E-state index contributed by atoms with van der Waals surface area (Å²) < 4.78 is 45.2. The van der Waals surface area contributed by atoms with Crippen LogP contribution in [0, 0.1) is 5.92 Å². The Labute approximate surface area is 254 Å². The molecular weight excluding hydrogens is 569 g/mol. The van der Waals surface area contributed by atoms with E-state index in [0.29, 0.717) is 23.8 Å². The van der Waals surface area contributed by atoms with E-state index in [1.807, 2.05) is 42.5 Å². The largest absolute Gasteiger partial charge is 0.479 e. The van der Waals surface area contributed by atoms with Gasteiger partial charge in [0.25, 0.3) is 5.91 Å². The highest BCUT2D eigenvalue weighted by molar-refractivity contribution is 5.99.